The zero-order valence-corrected chi connectivity index (χ0v) is 30.3. The third-order valence-electron chi connectivity index (χ3n) is 10.1. The van der Waals surface area contributed by atoms with Gasteiger partial charge in [-0.15, -0.1) is 0 Å². The molecule has 282 valence electrons. The van der Waals surface area contributed by atoms with Crippen molar-refractivity contribution in [3.8, 4) is 40.4 Å². The Morgan fingerprint density at radius 1 is 0.509 bits per heavy atom. The first kappa shape index (κ1) is 36.1. The molecule has 0 aliphatic carbocycles. The Hall–Kier alpha value is -7.86. The normalized spacial score (nSPS) is 12.5. The molecule has 4 N–H and O–H groups in total. The Labute approximate surface area is 324 Å². The van der Waals surface area contributed by atoms with Gasteiger partial charge in [0.05, 0.1) is 33.6 Å². The molecule has 7 aromatic rings. The van der Waals surface area contributed by atoms with Gasteiger partial charge < -0.3 is 29.9 Å². The average molecular weight is 761 g/mol. The molecule has 0 saturated carbocycles. The van der Waals surface area contributed by atoms with E-state index in [1.54, 1.807) is 48.5 Å². The van der Waals surface area contributed by atoms with Crippen molar-refractivity contribution >= 4 is 40.2 Å². The molecule has 57 heavy (non-hydrogen) atoms. The van der Waals surface area contributed by atoms with E-state index in [1.807, 2.05) is 48.5 Å². The van der Waals surface area contributed by atoms with Gasteiger partial charge >= 0.3 is 11.9 Å². The highest BCUT2D eigenvalue weighted by Gasteiger charge is 2.37. The summed E-state index contributed by atoms with van der Waals surface area (Å²) in [6.45, 7) is 4.21. The van der Waals surface area contributed by atoms with E-state index in [0.29, 0.717) is 39.8 Å². The number of carbonyl (C=O) groups is 4. The highest BCUT2D eigenvalue weighted by molar-refractivity contribution is 6.34. The third kappa shape index (κ3) is 6.44. The van der Waals surface area contributed by atoms with E-state index in [2.05, 4.69) is 13.8 Å². The molecule has 8 rings (SSSR count). The lowest BCUT2D eigenvalue weighted by molar-refractivity contribution is 0.0686. The molecule has 2 amide bonds. The van der Waals surface area contributed by atoms with E-state index in [0.717, 1.165) is 16.0 Å². The topological polar surface area (TPSA) is 176 Å². The van der Waals surface area contributed by atoms with Crippen LogP contribution in [-0.2, 0) is 5.41 Å². The molecular formula is C45H32N2O10. The maximum atomic E-state index is 13.0. The molecule has 0 saturated heterocycles. The number of nitrogens with zero attached hydrogens (tertiary/aromatic N) is 2. The van der Waals surface area contributed by atoms with Crippen molar-refractivity contribution in [1.29, 1.82) is 0 Å². The van der Waals surface area contributed by atoms with Crippen LogP contribution in [0.2, 0.25) is 0 Å². The standard InChI is InChI=1S/C45H32N2O10/c1-45(2,27-5-13-31(14-6-27)56-33-17-9-29(10-18-33)46-39(48)35-21-3-25(43(52)53)23-37(35)41(46)50)28-7-15-32(16-8-28)57-34-19-11-30(12-20-34)47-40(49)36-22-4-26(44(54)55)24-38(36)42(47)51/h3-24,48,50H,1-2H3,(H,52,53)(H,54,55). The number of carboxylic acids is 2. The fourth-order valence-electron chi connectivity index (χ4n) is 6.90. The predicted molar refractivity (Wildman–Crippen MR) is 210 cm³/mol. The number of ether oxygens (including phenoxy) is 2. The van der Waals surface area contributed by atoms with Crippen LogP contribution in [0.1, 0.15) is 66.4 Å². The minimum atomic E-state index is -1.19. The van der Waals surface area contributed by atoms with E-state index < -0.39 is 23.8 Å². The number of carboxylic acid groups (broad SMARTS) is 2. The number of carbonyl (C=O) groups excluding carboxylic acids is 2. The second-order valence-electron chi connectivity index (χ2n) is 13.9. The highest BCUT2D eigenvalue weighted by atomic mass is 16.5. The van der Waals surface area contributed by atoms with Crippen LogP contribution < -0.4 is 14.4 Å². The lowest BCUT2D eigenvalue weighted by Gasteiger charge is -2.26. The summed E-state index contributed by atoms with van der Waals surface area (Å²) in [6.07, 6.45) is 0. The van der Waals surface area contributed by atoms with Gasteiger partial charge in [-0.3, -0.25) is 14.2 Å². The molecule has 0 bridgehead atoms. The summed E-state index contributed by atoms with van der Waals surface area (Å²) in [4.78, 5) is 49.8. The van der Waals surface area contributed by atoms with Crippen LogP contribution >= 0.6 is 0 Å². The smallest absolute Gasteiger partial charge is 0.335 e. The molecule has 0 spiro atoms. The molecule has 1 aliphatic rings. The Bertz CT molecular complexity index is 2750. The van der Waals surface area contributed by atoms with E-state index in [-0.39, 0.29) is 44.8 Å². The zero-order chi connectivity index (χ0) is 40.2. The van der Waals surface area contributed by atoms with Gasteiger partial charge in [0.2, 0.25) is 11.8 Å². The third-order valence-corrected chi connectivity index (χ3v) is 10.1. The maximum Gasteiger partial charge on any atom is 0.335 e. The fraction of sp³-hybridized carbons (Fsp3) is 0.0667. The predicted octanol–water partition coefficient (Wildman–Crippen LogP) is 9.15. The summed E-state index contributed by atoms with van der Waals surface area (Å²) in [6, 6.07) is 36.6. The van der Waals surface area contributed by atoms with Gasteiger partial charge in [-0.2, -0.15) is 0 Å². The monoisotopic (exact) mass is 760 g/mol. The quantitative estimate of drug-likeness (QED) is 0.0984. The summed E-state index contributed by atoms with van der Waals surface area (Å²) < 4.78 is 13.4. The van der Waals surface area contributed by atoms with E-state index >= 15 is 0 Å². The lowest BCUT2D eigenvalue weighted by Crippen LogP contribution is -2.29. The van der Waals surface area contributed by atoms with Crippen LogP contribution in [-0.4, -0.2) is 48.7 Å². The minimum Gasteiger partial charge on any atom is -0.494 e. The SMILES string of the molecule is CC(C)(c1ccc(Oc2ccc(N3C(=O)c4ccc(C(=O)O)cc4C3=O)cc2)cc1)c1ccc(Oc2ccc(-n3c(O)c4ccc(C(=O)O)cc4c3O)cc2)cc1. The Morgan fingerprint density at radius 2 is 0.930 bits per heavy atom. The number of imide groups is 1. The Kier molecular flexibility index (Phi) is 8.73. The zero-order valence-electron chi connectivity index (χ0n) is 30.3. The molecular weight excluding hydrogens is 728 g/mol. The first-order chi connectivity index (χ1) is 27.3. The van der Waals surface area contributed by atoms with Crippen molar-refractivity contribution in [2.24, 2.45) is 0 Å². The molecule has 0 atom stereocenters. The van der Waals surface area contributed by atoms with E-state index in [1.165, 1.54) is 41.0 Å². The number of hydrogen-bond donors (Lipinski definition) is 4. The molecule has 0 unspecified atom stereocenters. The number of hydrogen-bond acceptors (Lipinski definition) is 8. The van der Waals surface area contributed by atoms with Crippen LogP contribution in [0.3, 0.4) is 0 Å². The van der Waals surface area contributed by atoms with Gasteiger partial charge in [0.25, 0.3) is 11.8 Å². The maximum absolute atomic E-state index is 13.0. The molecule has 6 aromatic carbocycles. The molecule has 12 heteroatoms. The minimum absolute atomic E-state index is 0.00789. The summed E-state index contributed by atoms with van der Waals surface area (Å²) in [5, 5.41) is 40.7. The summed E-state index contributed by atoms with van der Waals surface area (Å²) in [5.41, 5.74) is 2.60. The van der Waals surface area contributed by atoms with Gasteiger partial charge in [0.1, 0.15) is 23.0 Å². The largest absolute Gasteiger partial charge is 0.494 e. The fourth-order valence-corrected chi connectivity index (χ4v) is 6.90. The van der Waals surface area contributed by atoms with Gasteiger partial charge in [-0.25, -0.2) is 14.5 Å². The van der Waals surface area contributed by atoms with Crippen LogP contribution in [0.15, 0.2) is 133 Å². The number of fused-ring (bicyclic) bond motifs is 2. The van der Waals surface area contributed by atoms with Gasteiger partial charge in [-0.05, 0) is 120 Å². The number of anilines is 1. The molecule has 0 radical (unpaired) electrons. The highest BCUT2D eigenvalue weighted by Crippen LogP contribution is 2.40. The summed E-state index contributed by atoms with van der Waals surface area (Å²) in [5.74, 6) is -1.74. The van der Waals surface area contributed by atoms with Crippen molar-refractivity contribution in [1.82, 2.24) is 4.57 Å². The van der Waals surface area contributed by atoms with E-state index in [9.17, 15) is 39.6 Å². The molecule has 1 aromatic heterocycles. The van der Waals surface area contributed by atoms with E-state index in [4.69, 9.17) is 9.47 Å². The number of aromatic hydroxyl groups is 2. The van der Waals surface area contributed by atoms with Crippen LogP contribution in [0, 0.1) is 0 Å². The van der Waals surface area contributed by atoms with Crippen molar-refractivity contribution in [2.75, 3.05) is 4.90 Å². The first-order valence-corrected chi connectivity index (χ1v) is 17.6. The number of rotatable bonds is 10. The van der Waals surface area contributed by atoms with Crippen LogP contribution in [0.5, 0.6) is 34.8 Å². The Morgan fingerprint density at radius 3 is 1.44 bits per heavy atom. The summed E-state index contributed by atoms with van der Waals surface area (Å²) in [7, 11) is 0. The molecule has 1 aliphatic heterocycles. The van der Waals surface area contributed by atoms with Crippen molar-refractivity contribution in [3.05, 3.63) is 167 Å². The molecule has 2 heterocycles. The summed E-state index contributed by atoms with van der Waals surface area (Å²) >= 11 is 0. The second-order valence-corrected chi connectivity index (χ2v) is 13.9. The van der Waals surface area contributed by atoms with Crippen LogP contribution in [0.4, 0.5) is 5.69 Å². The van der Waals surface area contributed by atoms with Crippen molar-refractivity contribution in [3.63, 3.8) is 0 Å². The van der Waals surface area contributed by atoms with Crippen LogP contribution in [0.25, 0.3) is 16.5 Å². The Balaban J connectivity index is 0.907. The molecule has 0 fully saturated rings. The average Bonchev–Trinajstić information content (AvgIpc) is 3.61. The van der Waals surface area contributed by atoms with Crippen molar-refractivity contribution < 1.29 is 49.1 Å². The number of amides is 2. The van der Waals surface area contributed by atoms with Gasteiger partial charge in [0, 0.05) is 16.2 Å². The lowest BCUT2D eigenvalue weighted by atomic mass is 9.78. The number of benzene rings is 6. The van der Waals surface area contributed by atoms with Crippen molar-refractivity contribution in [2.45, 2.75) is 19.3 Å². The first-order valence-electron chi connectivity index (χ1n) is 17.6. The molecule has 12 nitrogen and oxygen atoms in total. The number of aromatic carboxylic acids is 2. The number of aromatic nitrogens is 1. The van der Waals surface area contributed by atoms with Gasteiger partial charge in [-0.1, -0.05) is 38.1 Å². The van der Waals surface area contributed by atoms with Gasteiger partial charge in [0.15, 0.2) is 0 Å². The second kappa shape index (κ2) is 13.8.